The number of benzene rings is 2. The summed E-state index contributed by atoms with van der Waals surface area (Å²) in [6, 6.07) is 13.3. The summed E-state index contributed by atoms with van der Waals surface area (Å²) in [5, 5.41) is 13.9. The smallest absolute Gasteiger partial charge is 0.326 e. The molecule has 0 aliphatic heterocycles. The number of carbonyl (C=O) groups excluding carboxylic acids is 1. The van der Waals surface area contributed by atoms with Crippen molar-refractivity contribution in [2.24, 2.45) is 0 Å². The average Bonchev–Trinajstić information content (AvgIpc) is 2.52. The number of amides is 1. The molecule has 0 bridgehead atoms. The molecule has 0 saturated heterocycles. The van der Waals surface area contributed by atoms with Crippen LogP contribution < -0.4 is 5.32 Å². The molecule has 1 unspecified atom stereocenters. The fourth-order valence-electron chi connectivity index (χ4n) is 2.19. The Morgan fingerprint density at radius 3 is 2.59 bits per heavy atom. The molecule has 0 aromatic heterocycles. The second-order valence-electron chi connectivity index (χ2n) is 5.04. The molecule has 22 heavy (non-hydrogen) atoms. The third-order valence-electron chi connectivity index (χ3n) is 3.30. The Bertz CT molecular complexity index is 672. The molecular weight excluding hydrogens is 298 g/mol. The Morgan fingerprint density at radius 2 is 1.91 bits per heavy atom. The van der Waals surface area contributed by atoms with Crippen molar-refractivity contribution in [1.82, 2.24) is 5.32 Å². The van der Waals surface area contributed by atoms with Crippen LogP contribution in [0.3, 0.4) is 0 Å². The van der Waals surface area contributed by atoms with Gasteiger partial charge in [0.05, 0.1) is 5.75 Å². The van der Waals surface area contributed by atoms with Gasteiger partial charge in [-0.3, -0.25) is 4.79 Å². The molecule has 5 heteroatoms. The Morgan fingerprint density at radius 1 is 1.18 bits per heavy atom. The Balaban J connectivity index is 1.93. The van der Waals surface area contributed by atoms with Crippen LogP contribution in [0.2, 0.25) is 0 Å². The highest BCUT2D eigenvalue weighted by atomic mass is 32.2. The highest BCUT2D eigenvalue weighted by Crippen LogP contribution is 2.23. The van der Waals surface area contributed by atoms with Crippen molar-refractivity contribution < 1.29 is 14.7 Å². The van der Waals surface area contributed by atoms with Gasteiger partial charge in [0.15, 0.2) is 0 Å². The third-order valence-corrected chi connectivity index (χ3v) is 4.30. The molecule has 1 amide bonds. The molecule has 116 valence electrons. The Labute approximate surface area is 133 Å². The number of thioether (sulfide) groups is 1. The summed E-state index contributed by atoms with van der Waals surface area (Å²) in [7, 11) is 0. The first-order valence-electron chi connectivity index (χ1n) is 7.24. The second kappa shape index (κ2) is 7.84. The fourth-order valence-corrected chi connectivity index (χ4v) is 2.94. The predicted octanol–water partition coefficient (Wildman–Crippen LogP) is 3.30. The molecule has 0 heterocycles. The van der Waals surface area contributed by atoms with Crippen LogP contribution in [0.4, 0.5) is 0 Å². The van der Waals surface area contributed by atoms with Gasteiger partial charge in [-0.1, -0.05) is 43.7 Å². The van der Waals surface area contributed by atoms with Gasteiger partial charge in [0, 0.05) is 4.90 Å². The molecule has 2 aromatic carbocycles. The normalized spacial score (nSPS) is 12.0. The summed E-state index contributed by atoms with van der Waals surface area (Å²) in [6.45, 7) is 1.89. The quantitative estimate of drug-likeness (QED) is 0.769. The summed E-state index contributed by atoms with van der Waals surface area (Å²) < 4.78 is 0. The molecule has 2 aromatic rings. The molecule has 2 rings (SSSR count). The maximum Gasteiger partial charge on any atom is 0.326 e. The number of carboxylic acids is 1. The summed E-state index contributed by atoms with van der Waals surface area (Å²) in [5.74, 6) is -1.02. The van der Waals surface area contributed by atoms with Gasteiger partial charge in [-0.15, -0.1) is 11.8 Å². The highest BCUT2D eigenvalue weighted by molar-refractivity contribution is 8.00. The number of hydrogen-bond acceptors (Lipinski definition) is 3. The Hall–Kier alpha value is -2.01. The number of fused-ring (bicyclic) bond motifs is 1. The highest BCUT2D eigenvalue weighted by Gasteiger charge is 2.18. The first kappa shape index (κ1) is 16.4. The first-order valence-corrected chi connectivity index (χ1v) is 8.22. The molecular formula is C17H19NO3S. The van der Waals surface area contributed by atoms with Gasteiger partial charge in [0.1, 0.15) is 6.04 Å². The number of carbonyl (C=O) groups is 2. The van der Waals surface area contributed by atoms with E-state index < -0.39 is 12.0 Å². The lowest BCUT2D eigenvalue weighted by atomic mass is 10.1. The van der Waals surface area contributed by atoms with E-state index in [4.69, 9.17) is 5.11 Å². The van der Waals surface area contributed by atoms with Crippen molar-refractivity contribution in [2.45, 2.75) is 30.7 Å². The van der Waals surface area contributed by atoms with Crippen LogP contribution in [0.25, 0.3) is 10.8 Å². The monoisotopic (exact) mass is 317 g/mol. The van der Waals surface area contributed by atoms with E-state index >= 15 is 0 Å². The molecule has 0 saturated carbocycles. The van der Waals surface area contributed by atoms with E-state index in [-0.39, 0.29) is 11.7 Å². The topological polar surface area (TPSA) is 66.4 Å². The van der Waals surface area contributed by atoms with Crippen LogP contribution in [-0.4, -0.2) is 28.8 Å². The minimum Gasteiger partial charge on any atom is -0.480 e. The maximum atomic E-state index is 11.9. The number of rotatable bonds is 7. The average molecular weight is 317 g/mol. The molecule has 0 aliphatic rings. The zero-order chi connectivity index (χ0) is 15.9. The SMILES string of the molecule is CCCC(NC(=O)CSc1ccc2ccccc2c1)C(=O)O. The molecule has 1 atom stereocenters. The predicted molar refractivity (Wildman–Crippen MR) is 89.1 cm³/mol. The minimum atomic E-state index is -0.981. The van der Waals surface area contributed by atoms with Gasteiger partial charge < -0.3 is 10.4 Å². The molecule has 0 aliphatic carbocycles. The first-order chi connectivity index (χ1) is 10.6. The summed E-state index contributed by atoms with van der Waals surface area (Å²) in [5.41, 5.74) is 0. The van der Waals surface area contributed by atoms with Crippen LogP contribution in [0.15, 0.2) is 47.4 Å². The van der Waals surface area contributed by atoms with Crippen LogP contribution >= 0.6 is 11.8 Å². The number of aliphatic carboxylic acids is 1. The zero-order valence-corrected chi connectivity index (χ0v) is 13.2. The van der Waals surface area contributed by atoms with E-state index in [2.05, 4.69) is 5.32 Å². The van der Waals surface area contributed by atoms with Gasteiger partial charge in [0.2, 0.25) is 5.91 Å². The van der Waals surface area contributed by atoms with Crippen LogP contribution in [0.1, 0.15) is 19.8 Å². The number of nitrogens with one attached hydrogen (secondary N) is 1. The van der Waals surface area contributed by atoms with Crippen molar-refractivity contribution in [3.05, 3.63) is 42.5 Å². The molecule has 0 spiro atoms. The lowest BCUT2D eigenvalue weighted by Gasteiger charge is -2.13. The van der Waals surface area contributed by atoms with E-state index in [1.807, 2.05) is 49.4 Å². The zero-order valence-electron chi connectivity index (χ0n) is 12.4. The van der Waals surface area contributed by atoms with Crippen molar-refractivity contribution in [2.75, 3.05) is 5.75 Å². The minimum absolute atomic E-state index is 0.214. The Kier molecular flexibility index (Phi) is 5.83. The van der Waals surface area contributed by atoms with Gasteiger partial charge in [-0.25, -0.2) is 4.79 Å². The standard InChI is InChI=1S/C17H19NO3S/c1-2-5-15(17(20)21)18-16(19)11-22-14-9-8-12-6-3-4-7-13(12)10-14/h3-4,6-10,15H,2,5,11H2,1H3,(H,18,19)(H,20,21). The molecule has 0 fully saturated rings. The van der Waals surface area contributed by atoms with E-state index in [0.29, 0.717) is 6.42 Å². The van der Waals surface area contributed by atoms with E-state index in [1.54, 1.807) is 0 Å². The van der Waals surface area contributed by atoms with E-state index in [0.717, 1.165) is 22.1 Å². The van der Waals surface area contributed by atoms with Crippen LogP contribution in [-0.2, 0) is 9.59 Å². The molecule has 0 radical (unpaired) electrons. The van der Waals surface area contributed by atoms with Gasteiger partial charge in [-0.05, 0) is 29.3 Å². The lowest BCUT2D eigenvalue weighted by Crippen LogP contribution is -2.41. The van der Waals surface area contributed by atoms with Crippen LogP contribution in [0, 0.1) is 0 Å². The fraction of sp³-hybridized carbons (Fsp3) is 0.294. The molecule has 4 nitrogen and oxygen atoms in total. The van der Waals surface area contributed by atoms with Gasteiger partial charge in [-0.2, -0.15) is 0 Å². The van der Waals surface area contributed by atoms with E-state index in [1.165, 1.54) is 11.8 Å². The van der Waals surface area contributed by atoms with Crippen molar-refractivity contribution in [3.63, 3.8) is 0 Å². The van der Waals surface area contributed by atoms with Crippen molar-refractivity contribution in [1.29, 1.82) is 0 Å². The largest absolute Gasteiger partial charge is 0.480 e. The van der Waals surface area contributed by atoms with Gasteiger partial charge >= 0.3 is 5.97 Å². The van der Waals surface area contributed by atoms with Crippen molar-refractivity contribution in [3.8, 4) is 0 Å². The van der Waals surface area contributed by atoms with Crippen LogP contribution in [0.5, 0.6) is 0 Å². The number of carboxylic acid groups (broad SMARTS) is 1. The second-order valence-corrected chi connectivity index (χ2v) is 6.09. The van der Waals surface area contributed by atoms with Gasteiger partial charge in [0.25, 0.3) is 0 Å². The summed E-state index contributed by atoms with van der Waals surface area (Å²) in [4.78, 5) is 23.9. The van der Waals surface area contributed by atoms with E-state index in [9.17, 15) is 9.59 Å². The third kappa shape index (κ3) is 4.49. The summed E-state index contributed by atoms with van der Waals surface area (Å²) >= 11 is 1.41. The van der Waals surface area contributed by atoms with Crippen molar-refractivity contribution >= 4 is 34.4 Å². The number of hydrogen-bond donors (Lipinski definition) is 2. The molecule has 2 N–H and O–H groups in total. The maximum absolute atomic E-state index is 11.9. The summed E-state index contributed by atoms with van der Waals surface area (Å²) in [6.07, 6.45) is 1.16. The lowest BCUT2D eigenvalue weighted by molar-refractivity contribution is -0.141.